The summed E-state index contributed by atoms with van der Waals surface area (Å²) in [5.41, 5.74) is 2.50. The summed E-state index contributed by atoms with van der Waals surface area (Å²) >= 11 is 0. The molecular formula is C14H10N2O. The largest absolute Gasteiger partial charge is 0.295 e. The fourth-order valence-corrected chi connectivity index (χ4v) is 1.60. The first-order valence-electron chi connectivity index (χ1n) is 5.19. The molecule has 3 heteroatoms. The lowest BCUT2D eigenvalue weighted by molar-refractivity contribution is 0.101. The maximum Gasteiger partial charge on any atom is 0.159 e. The maximum absolute atomic E-state index is 11.2. The Hall–Kier alpha value is -2.47. The van der Waals surface area contributed by atoms with Gasteiger partial charge in [-0.25, -0.2) is 0 Å². The minimum atomic E-state index is -0.0472. The van der Waals surface area contributed by atoms with Gasteiger partial charge in [0.15, 0.2) is 5.78 Å². The summed E-state index contributed by atoms with van der Waals surface area (Å²) in [7, 11) is 0. The van der Waals surface area contributed by atoms with Gasteiger partial charge in [-0.2, -0.15) is 5.26 Å². The summed E-state index contributed by atoms with van der Waals surface area (Å²) in [5, 5.41) is 9.10. The van der Waals surface area contributed by atoms with E-state index in [0.717, 1.165) is 11.3 Å². The summed E-state index contributed by atoms with van der Waals surface area (Å²) in [6.45, 7) is 1.48. The van der Waals surface area contributed by atoms with Gasteiger partial charge in [-0.1, -0.05) is 18.2 Å². The molecule has 82 valence electrons. The van der Waals surface area contributed by atoms with Crippen molar-refractivity contribution in [1.82, 2.24) is 4.98 Å². The van der Waals surface area contributed by atoms with Crippen LogP contribution in [0, 0.1) is 11.3 Å². The van der Waals surface area contributed by atoms with Gasteiger partial charge in [-0.15, -0.1) is 0 Å². The van der Waals surface area contributed by atoms with E-state index in [1.165, 1.54) is 6.92 Å². The molecule has 0 aliphatic rings. The number of Topliss-reactive ketones (excluding diaryl/α,β-unsaturated/α-hetero) is 1. The molecule has 0 fully saturated rings. The Morgan fingerprint density at radius 3 is 2.71 bits per heavy atom. The highest BCUT2D eigenvalue weighted by molar-refractivity contribution is 5.95. The summed E-state index contributed by atoms with van der Waals surface area (Å²) in [6.07, 6.45) is 1.68. The molecule has 0 saturated carbocycles. The second kappa shape index (κ2) is 4.58. The molecule has 1 heterocycles. The molecule has 0 saturated heterocycles. The number of hydrogen-bond acceptors (Lipinski definition) is 3. The van der Waals surface area contributed by atoms with Crippen molar-refractivity contribution >= 4 is 5.78 Å². The second-order valence-electron chi connectivity index (χ2n) is 3.64. The monoisotopic (exact) mass is 222 g/mol. The lowest BCUT2D eigenvalue weighted by Gasteiger charge is -2.04. The number of nitrogens with zero attached hydrogens (tertiary/aromatic N) is 2. The van der Waals surface area contributed by atoms with Crippen LogP contribution in [0.15, 0.2) is 42.6 Å². The van der Waals surface area contributed by atoms with Crippen molar-refractivity contribution < 1.29 is 4.79 Å². The van der Waals surface area contributed by atoms with Crippen LogP contribution in [0.3, 0.4) is 0 Å². The molecule has 0 aliphatic carbocycles. The minimum Gasteiger partial charge on any atom is -0.295 e. The van der Waals surface area contributed by atoms with E-state index in [4.69, 9.17) is 5.26 Å². The number of hydrogen-bond donors (Lipinski definition) is 0. The van der Waals surface area contributed by atoms with Crippen LogP contribution in [0.4, 0.5) is 0 Å². The number of pyridine rings is 1. The summed E-state index contributed by atoms with van der Waals surface area (Å²) in [6, 6.07) is 12.7. The van der Waals surface area contributed by atoms with E-state index in [0.29, 0.717) is 11.1 Å². The molecule has 17 heavy (non-hydrogen) atoms. The zero-order chi connectivity index (χ0) is 12.3. The van der Waals surface area contributed by atoms with E-state index in [1.54, 1.807) is 24.4 Å². The lowest BCUT2D eigenvalue weighted by atomic mass is 10.0. The average molecular weight is 222 g/mol. The molecule has 0 aliphatic heterocycles. The molecule has 0 amide bonds. The predicted octanol–water partition coefficient (Wildman–Crippen LogP) is 2.82. The summed E-state index contributed by atoms with van der Waals surface area (Å²) in [5.74, 6) is -0.0472. The van der Waals surface area contributed by atoms with E-state index in [-0.39, 0.29) is 5.78 Å². The fraction of sp³-hybridized carbons (Fsp3) is 0.0714. The van der Waals surface area contributed by atoms with Crippen LogP contribution < -0.4 is 0 Å². The van der Waals surface area contributed by atoms with Crippen LogP contribution >= 0.6 is 0 Å². The standard InChI is InChI=1S/C14H10N2O/c1-10(17)11-5-6-13(12(8-11)9-15)14-4-2-3-7-16-14/h2-8H,1H3. The molecule has 1 aromatic heterocycles. The smallest absolute Gasteiger partial charge is 0.159 e. The van der Waals surface area contributed by atoms with Gasteiger partial charge in [0.25, 0.3) is 0 Å². The molecular weight excluding hydrogens is 212 g/mol. The first-order valence-corrected chi connectivity index (χ1v) is 5.19. The molecule has 0 unspecified atom stereocenters. The van der Waals surface area contributed by atoms with Crippen LogP contribution in [-0.4, -0.2) is 10.8 Å². The van der Waals surface area contributed by atoms with Gasteiger partial charge in [0, 0.05) is 17.3 Å². The number of rotatable bonds is 2. The Bertz CT molecular complexity index is 597. The zero-order valence-corrected chi connectivity index (χ0v) is 9.34. The van der Waals surface area contributed by atoms with Gasteiger partial charge in [0.1, 0.15) is 0 Å². The summed E-state index contributed by atoms with van der Waals surface area (Å²) in [4.78, 5) is 15.4. The topological polar surface area (TPSA) is 53.8 Å². The van der Waals surface area contributed by atoms with Crippen LogP contribution in [0.1, 0.15) is 22.8 Å². The van der Waals surface area contributed by atoms with Crippen LogP contribution in [0.2, 0.25) is 0 Å². The molecule has 0 atom stereocenters. The third kappa shape index (κ3) is 2.21. The van der Waals surface area contributed by atoms with Gasteiger partial charge in [0.2, 0.25) is 0 Å². The quantitative estimate of drug-likeness (QED) is 0.734. The number of carbonyl (C=O) groups is 1. The Morgan fingerprint density at radius 2 is 2.12 bits per heavy atom. The SMILES string of the molecule is CC(=O)c1ccc(-c2ccccn2)c(C#N)c1. The molecule has 1 aromatic carbocycles. The highest BCUT2D eigenvalue weighted by Gasteiger charge is 2.08. The van der Waals surface area contributed by atoms with Gasteiger partial charge in [0.05, 0.1) is 17.3 Å². The van der Waals surface area contributed by atoms with Crippen molar-refractivity contribution in [2.75, 3.05) is 0 Å². The predicted molar refractivity (Wildman–Crippen MR) is 64.4 cm³/mol. The van der Waals surface area contributed by atoms with Gasteiger partial charge in [-0.3, -0.25) is 9.78 Å². The Balaban J connectivity index is 2.57. The molecule has 2 aromatic rings. The van der Waals surface area contributed by atoms with Gasteiger partial charge in [-0.05, 0) is 25.1 Å². The third-order valence-electron chi connectivity index (χ3n) is 2.49. The summed E-state index contributed by atoms with van der Waals surface area (Å²) < 4.78 is 0. The van der Waals surface area contributed by atoms with Crippen LogP contribution in [0.5, 0.6) is 0 Å². The highest BCUT2D eigenvalue weighted by Crippen LogP contribution is 2.22. The van der Waals surface area contributed by atoms with E-state index >= 15 is 0 Å². The number of ketones is 1. The van der Waals surface area contributed by atoms with Crippen molar-refractivity contribution in [3.8, 4) is 17.3 Å². The van der Waals surface area contributed by atoms with Crippen molar-refractivity contribution in [1.29, 1.82) is 5.26 Å². The minimum absolute atomic E-state index is 0.0472. The fourth-order valence-electron chi connectivity index (χ4n) is 1.60. The van der Waals surface area contributed by atoms with Crippen LogP contribution in [-0.2, 0) is 0 Å². The zero-order valence-electron chi connectivity index (χ0n) is 9.34. The normalized spacial score (nSPS) is 9.65. The number of carbonyl (C=O) groups excluding carboxylic acids is 1. The highest BCUT2D eigenvalue weighted by atomic mass is 16.1. The van der Waals surface area contributed by atoms with E-state index in [9.17, 15) is 4.79 Å². The Labute approximate surface area is 99.4 Å². The van der Waals surface area contributed by atoms with Crippen molar-refractivity contribution in [2.45, 2.75) is 6.92 Å². The van der Waals surface area contributed by atoms with E-state index in [1.807, 2.05) is 18.2 Å². The first kappa shape index (κ1) is 11.0. The van der Waals surface area contributed by atoms with E-state index < -0.39 is 0 Å². The molecule has 0 bridgehead atoms. The second-order valence-corrected chi connectivity index (χ2v) is 3.64. The molecule has 0 N–H and O–H groups in total. The lowest BCUT2D eigenvalue weighted by Crippen LogP contribution is -1.95. The first-order chi connectivity index (χ1) is 8.22. The Kier molecular flexibility index (Phi) is 2.97. The molecule has 0 spiro atoms. The molecule has 0 radical (unpaired) electrons. The van der Waals surface area contributed by atoms with Crippen molar-refractivity contribution in [2.24, 2.45) is 0 Å². The van der Waals surface area contributed by atoms with Crippen molar-refractivity contribution in [3.63, 3.8) is 0 Å². The molecule has 2 rings (SSSR count). The van der Waals surface area contributed by atoms with E-state index in [2.05, 4.69) is 11.1 Å². The van der Waals surface area contributed by atoms with Gasteiger partial charge < -0.3 is 0 Å². The Morgan fingerprint density at radius 1 is 1.29 bits per heavy atom. The van der Waals surface area contributed by atoms with Crippen molar-refractivity contribution in [3.05, 3.63) is 53.7 Å². The third-order valence-corrected chi connectivity index (χ3v) is 2.49. The maximum atomic E-state index is 11.2. The van der Waals surface area contributed by atoms with Crippen LogP contribution in [0.25, 0.3) is 11.3 Å². The number of aromatic nitrogens is 1. The average Bonchev–Trinajstić information content (AvgIpc) is 2.39. The number of nitriles is 1. The van der Waals surface area contributed by atoms with Gasteiger partial charge >= 0.3 is 0 Å². The molecule has 3 nitrogen and oxygen atoms in total. The number of benzene rings is 1.